The van der Waals surface area contributed by atoms with Crippen LogP contribution in [0.3, 0.4) is 0 Å². The van der Waals surface area contributed by atoms with Crippen LogP contribution < -0.4 is 5.73 Å². The molecule has 0 bridgehead atoms. The van der Waals surface area contributed by atoms with E-state index in [-0.39, 0.29) is 17.4 Å². The Morgan fingerprint density at radius 3 is 1.77 bits per heavy atom. The minimum atomic E-state index is -0.0625. The largest absolute Gasteiger partial charge is 0.370 e. The fraction of sp³-hybridized carbons (Fsp3) is 0.435. The van der Waals surface area contributed by atoms with Crippen LogP contribution in [-0.4, -0.2) is 17.9 Å². The average Bonchev–Trinajstić information content (AvgIpc) is 2.61. The van der Waals surface area contributed by atoms with Crippen molar-refractivity contribution in [2.45, 2.75) is 58.4 Å². The van der Waals surface area contributed by atoms with E-state index in [0.29, 0.717) is 5.92 Å². The van der Waals surface area contributed by atoms with E-state index in [1.807, 2.05) is 11.9 Å². The summed E-state index contributed by atoms with van der Waals surface area (Å²) in [6, 6.07) is 17.4. The van der Waals surface area contributed by atoms with Crippen molar-refractivity contribution in [1.82, 2.24) is 4.90 Å². The van der Waals surface area contributed by atoms with Gasteiger partial charge in [-0.05, 0) is 40.0 Å². The van der Waals surface area contributed by atoms with Gasteiger partial charge in [-0.25, -0.2) is 0 Å². The molecule has 0 saturated heterocycles. The van der Waals surface area contributed by atoms with E-state index in [9.17, 15) is 0 Å². The zero-order valence-electron chi connectivity index (χ0n) is 17.0. The van der Waals surface area contributed by atoms with Crippen LogP contribution in [0.25, 0.3) is 0 Å². The van der Waals surface area contributed by atoms with Gasteiger partial charge in [-0.2, -0.15) is 0 Å². The molecule has 2 rings (SSSR count). The van der Waals surface area contributed by atoms with Gasteiger partial charge in [-0.15, -0.1) is 0 Å². The lowest BCUT2D eigenvalue weighted by Crippen LogP contribution is -2.36. The van der Waals surface area contributed by atoms with Crippen molar-refractivity contribution in [3.63, 3.8) is 0 Å². The molecule has 140 valence electrons. The first-order valence-corrected chi connectivity index (χ1v) is 9.42. The molecular formula is C23H33N3. The maximum Gasteiger partial charge on any atom is 0.188 e. The van der Waals surface area contributed by atoms with E-state index >= 15 is 0 Å². The van der Waals surface area contributed by atoms with E-state index < -0.39 is 0 Å². The number of guanidine groups is 1. The highest BCUT2D eigenvalue weighted by molar-refractivity contribution is 5.75. The Labute approximate surface area is 158 Å². The molecule has 26 heavy (non-hydrogen) atoms. The highest BCUT2D eigenvalue weighted by atomic mass is 15.2. The molecule has 0 spiro atoms. The first-order chi connectivity index (χ1) is 12.1. The van der Waals surface area contributed by atoms with Crippen LogP contribution in [0.5, 0.6) is 0 Å². The molecule has 0 radical (unpaired) electrons. The van der Waals surface area contributed by atoms with Gasteiger partial charge in [0.15, 0.2) is 5.96 Å². The van der Waals surface area contributed by atoms with Gasteiger partial charge in [-0.1, -0.05) is 83.1 Å². The molecule has 2 unspecified atom stereocenters. The molecule has 0 fully saturated rings. The number of hydrogen-bond acceptors (Lipinski definition) is 1. The summed E-state index contributed by atoms with van der Waals surface area (Å²) in [5.74, 6) is 0.625. The maximum absolute atomic E-state index is 7.91. The van der Waals surface area contributed by atoms with E-state index in [4.69, 9.17) is 11.1 Å². The monoisotopic (exact) mass is 351 g/mol. The summed E-state index contributed by atoms with van der Waals surface area (Å²) < 4.78 is 0. The third-order valence-corrected chi connectivity index (χ3v) is 5.29. The van der Waals surface area contributed by atoms with Crippen LogP contribution in [0.1, 0.15) is 75.3 Å². The van der Waals surface area contributed by atoms with Gasteiger partial charge in [0.2, 0.25) is 0 Å². The topological polar surface area (TPSA) is 53.1 Å². The highest BCUT2D eigenvalue weighted by Crippen LogP contribution is 2.31. The smallest absolute Gasteiger partial charge is 0.188 e. The van der Waals surface area contributed by atoms with Crippen LogP contribution in [0.15, 0.2) is 48.5 Å². The molecule has 0 amide bonds. The van der Waals surface area contributed by atoms with Crippen LogP contribution in [0, 0.1) is 5.41 Å². The molecule has 0 aromatic heterocycles. The molecule has 0 heterocycles. The summed E-state index contributed by atoms with van der Waals surface area (Å²) in [5, 5.41) is 7.91. The van der Waals surface area contributed by atoms with Crippen LogP contribution >= 0.6 is 0 Å². The van der Waals surface area contributed by atoms with Crippen LogP contribution in [-0.2, 0) is 5.41 Å². The van der Waals surface area contributed by atoms with Crippen LogP contribution in [0.4, 0.5) is 0 Å². The first kappa shape index (κ1) is 20.0. The normalized spacial score (nSPS) is 13.9. The fourth-order valence-corrected chi connectivity index (χ4v) is 3.19. The Morgan fingerprint density at radius 2 is 1.38 bits per heavy atom. The minimum absolute atomic E-state index is 0.0625. The minimum Gasteiger partial charge on any atom is -0.370 e. The molecule has 0 aliphatic rings. The molecular weight excluding hydrogens is 318 g/mol. The third kappa shape index (κ3) is 4.46. The number of rotatable bonds is 5. The molecule has 2 aromatic carbocycles. The van der Waals surface area contributed by atoms with E-state index in [2.05, 4.69) is 83.1 Å². The molecule has 3 nitrogen and oxygen atoms in total. The molecule has 0 aliphatic carbocycles. The number of nitrogens with zero attached hydrogens (tertiary/aromatic N) is 1. The number of benzene rings is 2. The molecule has 0 saturated carbocycles. The van der Waals surface area contributed by atoms with Gasteiger partial charge in [0, 0.05) is 7.05 Å². The standard InChI is InChI=1S/C23H33N3/c1-7-16(2)17-8-10-18(11-9-17)21(26(6)22(24)25)19-12-14-20(15-13-19)23(3,4)5/h8-16,21H,7H2,1-6H3,(H3,24,25). The van der Waals surface area contributed by atoms with Gasteiger partial charge in [0.1, 0.15) is 0 Å². The van der Waals surface area contributed by atoms with Gasteiger partial charge in [0.25, 0.3) is 0 Å². The Bertz CT molecular complexity index is 724. The van der Waals surface area contributed by atoms with Crippen molar-refractivity contribution < 1.29 is 0 Å². The summed E-state index contributed by atoms with van der Waals surface area (Å²) >= 11 is 0. The van der Waals surface area contributed by atoms with Crippen molar-refractivity contribution in [2.75, 3.05) is 7.05 Å². The zero-order chi connectivity index (χ0) is 19.5. The second-order valence-corrected chi connectivity index (χ2v) is 8.25. The lowest BCUT2D eigenvalue weighted by molar-refractivity contribution is 0.420. The Kier molecular flexibility index (Phi) is 6.12. The predicted molar refractivity (Wildman–Crippen MR) is 112 cm³/mol. The molecule has 0 aliphatic heterocycles. The molecule has 2 atom stereocenters. The maximum atomic E-state index is 7.91. The first-order valence-electron chi connectivity index (χ1n) is 9.42. The average molecular weight is 352 g/mol. The third-order valence-electron chi connectivity index (χ3n) is 5.29. The summed E-state index contributed by atoms with van der Waals surface area (Å²) in [6.07, 6.45) is 1.13. The van der Waals surface area contributed by atoms with Gasteiger partial charge in [0.05, 0.1) is 6.04 Å². The van der Waals surface area contributed by atoms with E-state index in [1.165, 1.54) is 11.1 Å². The Morgan fingerprint density at radius 1 is 0.962 bits per heavy atom. The second-order valence-electron chi connectivity index (χ2n) is 8.25. The summed E-state index contributed by atoms with van der Waals surface area (Å²) in [4.78, 5) is 1.82. The Balaban J connectivity index is 2.42. The molecule has 3 N–H and O–H groups in total. The quantitative estimate of drug-likeness (QED) is 0.559. The number of hydrogen-bond donors (Lipinski definition) is 2. The fourth-order valence-electron chi connectivity index (χ4n) is 3.19. The number of nitrogens with two attached hydrogens (primary N) is 1. The second kappa shape index (κ2) is 7.94. The lowest BCUT2D eigenvalue weighted by atomic mass is 9.85. The SMILES string of the molecule is CCC(C)c1ccc(C(c2ccc(C(C)(C)C)cc2)N(C)C(=N)N)cc1. The van der Waals surface area contributed by atoms with Crippen molar-refractivity contribution in [2.24, 2.45) is 5.73 Å². The molecule has 2 aromatic rings. The zero-order valence-corrected chi connectivity index (χ0v) is 17.0. The van der Waals surface area contributed by atoms with Crippen molar-refractivity contribution >= 4 is 5.96 Å². The van der Waals surface area contributed by atoms with Gasteiger partial charge < -0.3 is 10.6 Å². The summed E-state index contributed by atoms with van der Waals surface area (Å²) in [5.41, 5.74) is 10.9. The van der Waals surface area contributed by atoms with E-state index in [1.54, 1.807) is 0 Å². The van der Waals surface area contributed by atoms with Crippen LogP contribution in [0.2, 0.25) is 0 Å². The molecule has 3 heteroatoms. The van der Waals surface area contributed by atoms with Crippen molar-refractivity contribution in [3.8, 4) is 0 Å². The van der Waals surface area contributed by atoms with Crippen molar-refractivity contribution in [1.29, 1.82) is 5.41 Å². The predicted octanol–water partition coefficient (Wildman–Crippen LogP) is 5.41. The van der Waals surface area contributed by atoms with E-state index in [0.717, 1.165) is 17.5 Å². The Hall–Kier alpha value is -2.29. The number of nitrogens with one attached hydrogen (secondary N) is 1. The summed E-state index contributed by atoms with van der Waals surface area (Å²) in [6.45, 7) is 11.1. The lowest BCUT2D eigenvalue weighted by Gasteiger charge is -2.30. The van der Waals surface area contributed by atoms with Crippen molar-refractivity contribution in [3.05, 3.63) is 70.8 Å². The summed E-state index contributed by atoms with van der Waals surface area (Å²) in [7, 11) is 1.88. The highest BCUT2D eigenvalue weighted by Gasteiger charge is 2.22. The van der Waals surface area contributed by atoms with Gasteiger partial charge in [-0.3, -0.25) is 5.41 Å². The van der Waals surface area contributed by atoms with Gasteiger partial charge >= 0.3 is 0 Å².